The van der Waals surface area contributed by atoms with E-state index >= 15 is 0 Å². The van der Waals surface area contributed by atoms with Crippen LogP contribution in [0.2, 0.25) is 0 Å². The van der Waals surface area contributed by atoms with Gasteiger partial charge >= 0.3 is 0 Å². The molecule has 0 atom stereocenters. The molecular weight excluding hydrogens is 268 g/mol. The van der Waals surface area contributed by atoms with Gasteiger partial charge in [0.15, 0.2) is 0 Å². The van der Waals surface area contributed by atoms with Gasteiger partial charge in [0.05, 0.1) is 19.9 Å². The Kier molecular flexibility index (Phi) is 5.78. The van der Waals surface area contributed by atoms with Gasteiger partial charge in [0.1, 0.15) is 5.75 Å². The van der Waals surface area contributed by atoms with Gasteiger partial charge in [-0.1, -0.05) is 12.1 Å². The number of hydrogen-bond donors (Lipinski definition) is 2. The molecule has 0 saturated carbocycles. The first-order chi connectivity index (χ1) is 8.90. The number of benzene rings is 1. The summed E-state index contributed by atoms with van der Waals surface area (Å²) in [7, 11) is -1.74. The molecule has 1 rings (SSSR count). The molecule has 0 aliphatic heterocycles. The van der Waals surface area contributed by atoms with Crippen molar-refractivity contribution in [2.75, 3.05) is 26.5 Å². The number of rotatable bonds is 7. The lowest BCUT2D eigenvalue weighted by molar-refractivity contribution is -0.119. The first kappa shape index (κ1) is 15.5. The molecule has 0 radical (unpaired) electrons. The third-order valence-corrected chi connectivity index (χ3v) is 3.03. The number of carbonyl (C=O) groups is 1. The van der Waals surface area contributed by atoms with Gasteiger partial charge in [-0.3, -0.25) is 4.79 Å². The third kappa shape index (κ3) is 6.78. The first-order valence-corrected chi connectivity index (χ1v) is 7.64. The molecule has 19 heavy (non-hydrogen) atoms. The van der Waals surface area contributed by atoms with Crippen LogP contribution >= 0.6 is 0 Å². The number of nitrogens with one attached hydrogen (secondary N) is 2. The summed E-state index contributed by atoms with van der Waals surface area (Å²) < 4.78 is 28.8. The Labute approximate surface area is 113 Å². The summed E-state index contributed by atoms with van der Waals surface area (Å²) in [6, 6.07) is 7.55. The Bertz CT molecular complexity index is 528. The van der Waals surface area contributed by atoms with Crippen molar-refractivity contribution in [2.24, 2.45) is 0 Å². The monoisotopic (exact) mass is 286 g/mol. The highest BCUT2D eigenvalue weighted by atomic mass is 32.2. The number of sulfonamides is 1. The fraction of sp³-hybridized carbons (Fsp3) is 0.417. The van der Waals surface area contributed by atoms with Crippen molar-refractivity contribution in [1.82, 2.24) is 10.0 Å². The predicted molar refractivity (Wildman–Crippen MR) is 72.6 cm³/mol. The molecular formula is C12H18N2O4S. The molecule has 106 valence electrons. The largest absolute Gasteiger partial charge is 0.497 e. The average molecular weight is 286 g/mol. The Morgan fingerprint density at radius 2 is 2.11 bits per heavy atom. The fourth-order valence-corrected chi connectivity index (χ4v) is 1.83. The zero-order valence-electron chi connectivity index (χ0n) is 11.0. The van der Waals surface area contributed by atoms with Crippen molar-refractivity contribution in [2.45, 2.75) is 6.42 Å². The van der Waals surface area contributed by atoms with Crippen LogP contribution in [0.3, 0.4) is 0 Å². The molecule has 0 aliphatic carbocycles. The van der Waals surface area contributed by atoms with Gasteiger partial charge in [0, 0.05) is 6.54 Å². The van der Waals surface area contributed by atoms with Gasteiger partial charge < -0.3 is 10.1 Å². The van der Waals surface area contributed by atoms with E-state index < -0.39 is 10.0 Å². The molecule has 7 heteroatoms. The van der Waals surface area contributed by atoms with Crippen molar-refractivity contribution >= 4 is 15.9 Å². The summed E-state index contributed by atoms with van der Waals surface area (Å²) in [4.78, 5) is 11.3. The van der Waals surface area contributed by atoms with E-state index in [2.05, 4.69) is 10.0 Å². The fourth-order valence-electron chi connectivity index (χ4n) is 1.43. The minimum Gasteiger partial charge on any atom is -0.497 e. The Morgan fingerprint density at radius 1 is 1.37 bits per heavy atom. The SMILES string of the molecule is COc1cccc(CCNC(=O)CNS(C)(=O)=O)c1. The summed E-state index contributed by atoms with van der Waals surface area (Å²) in [5, 5.41) is 2.63. The highest BCUT2D eigenvalue weighted by molar-refractivity contribution is 7.88. The number of hydrogen-bond acceptors (Lipinski definition) is 4. The highest BCUT2D eigenvalue weighted by Gasteiger charge is 2.05. The van der Waals surface area contributed by atoms with E-state index in [1.165, 1.54) is 0 Å². The van der Waals surface area contributed by atoms with E-state index in [1.54, 1.807) is 7.11 Å². The zero-order chi connectivity index (χ0) is 14.3. The lowest BCUT2D eigenvalue weighted by Crippen LogP contribution is -2.37. The molecule has 2 N–H and O–H groups in total. The molecule has 0 bridgehead atoms. The predicted octanol–water partition coefficient (Wildman–Crippen LogP) is -0.0969. The third-order valence-electron chi connectivity index (χ3n) is 2.36. The van der Waals surface area contributed by atoms with Crippen LogP contribution in [-0.4, -0.2) is 40.8 Å². The molecule has 0 aromatic heterocycles. The summed E-state index contributed by atoms with van der Waals surface area (Å²) in [5.74, 6) is 0.413. The first-order valence-electron chi connectivity index (χ1n) is 5.75. The molecule has 0 unspecified atom stereocenters. The van der Waals surface area contributed by atoms with Gasteiger partial charge in [-0.05, 0) is 24.1 Å². The van der Waals surface area contributed by atoms with Crippen LogP contribution in [0.15, 0.2) is 24.3 Å². The van der Waals surface area contributed by atoms with E-state index in [9.17, 15) is 13.2 Å². The number of methoxy groups -OCH3 is 1. The van der Waals surface area contributed by atoms with E-state index in [1.807, 2.05) is 24.3 Å². The second-order valence-corrected chi connectivity index (χ2v) is 5.88. The maximum Gasteiger partial charge on any atom is 0.235 e. The molecule has 0 aliphatic rings. The van der Waals surface area contributed by atoms with Crippen molar-refractivity contribution in [3.05, 3.63) is 29.8 Å². The minimum absolute atomic E-state index is 0.239. The number of carbonyl (C=O) groups excluding carboxylic acids is 1. The molecule has 1 amide bonds. The van der Waals surface area contributed by atoms with Crippen LogP contribution in [0.5, 0.6) is 5.75 Å². The molecule has 0 spiro atoms. The Hall–Kier alpha value is -1.60. The molecule has 0 saturated heterocycles. The van der Waals surface area contributed by atoms with E-state index in [0.717, 1.165) is 17.6 Å². The molecule has 1 aromatic carbocycles. The Morgan fingerprint density at radius 3 is 2.74 bits per heavy atom. The smallest absolute Gasteiger partial charge is 0.235 e. The van der Waals surface area contributed by atoms with Crippen LogP contribution in [-0.2, 0) is 21.2 Å². The topological polar surface area (TPSA) is 84.5 Å². The van der Waals surface area contributed by atoms with Crippen LogP contribution in [0, 0.1) is 0 Å². The average Bonchev–Trinajstić information content (AvgIpc) is 2.36. The van der Waals surface area contributed by atoms with Crippen LogP contribution < -0.4 is 14.8 Å². The van der Waals surface area contributed by atoms with Gasteiger partial charge in [-0.25, -0.2) is 13.1 Å². The number of ether oxygens (including phenoxy) is 1. The van der Waals surface area contributed by atoms with Crippen molar-refractivity contribution < 1.29 is 17.9 Å². The van der Waals surface area contributed by atoms with Crippen molar-refractivity contribution in [3.63, 3.8) is 0 Å². The van der Waals surface area contributed by atoms with E-state index in [-0.39, 0.29) is 12.5 Å². The second-order valence-electron chi connectivity index (χ2n) is 4.04. The maximum absolute atomic E-state index is 11.3. The molecule has 0 heterocycles. The van der Waals surface area contributed by atoms with Crippen molar-refractivity contribution in [3.8, 4) is 5.75 Å². The number of amides is 1. The summed E-state index contributed by atoms with van der Waals surface area (Å²) >= 11 is 0. The molecule has 0 fully saturated rings. The molecule has 1 aromatic rings. The van der Waals surface area contributed by atoms with Gasteiger partial charge in [0.25, 0.3) is 0 Å². The van der Waals surface area contributed by atoms with Gasteiger partial charge in [0.2, 0.25) is 15.9 Å². The van der Waals surface area contributed by atoms with Crippen LogP contribution in [0.4, 0.5) is 0 Å². The summed E-state index contributed by atoms with van der Waals surface area (Å²) in [5.41, 5.74) is 1.04. The quantitative estimate of drug-likeness (QED) is 0.733. The van der Waals surface area contributed by atoms with Crippen LogP contribution in [0.25, 0.3) is 0 Å². The minimum atomic E-state index is -3.33. The summed E-state index contributed by atoms with van der Waals surface area (Å²) in [6.07, 6.45) is 1.67. The van der Waals surface area contributed by atoms with Gasteiger partial charge in [-0.15, -0.1) is 0 Å². The molecule has 6 nitrogen and oxygen atoms in total. The van der Waals surface area contributed by atoms with Crippen molar-refractivity contribution in [1.29, 1.82) is 0 Å². The Balaban J connectivity index is 2.31. The zero-order valence-corrected chi connectivity index (χ0v) is 11.8. The lowest BCUT2D eigenvalue weighted by Gasteiger charge is -2.07. The highest BCUT2D eigenvalue weighted by Crippen LogP contribution is 2.12. The van der Waals surface area contributed by atoms with E-state index in [4.69, 9.17) is 4.74 Å². The standard InChI is InChI=1S/C12H18N2O4S/c1-18-11-5-3-4-10(8-11)6-7-13-12(15)9-14-19(2,16)17/h3-5,8,14H,6-7,9H2,1-2H3,(H,13,15). The van der Waals surface area contributed by atoms with Gasteiger partial charge in [-0.2, -0.15) is 0 Å². The summed E-state index contributed by atoms with van der Waals surface area (Å²) in [6.45, 7) is 0.203. The van der Waals surface area contributed by atoms with Crippen LogP contribution in [0.1, 0.15) is 5.56 Å². The normalized spacial score (nSPS) is 11.1. The van der Waals surface area contributed by atoms with E-state index in [0.29, 0.717) is 13.0 Å². The maximum atomic E-state index is 11.3. The second kappa shape index (κ2) is 7.10. The lowest BCUT2D eigenvalue weighted by atomic mass is 10.1.